The van der Waals surface area contributed by atoms with Crippen LogP contribution in [0.4, 0.5) is 0 Å². The first-order valence-electron chi connectivity index (χ1n) is 9.30. The van der Waals surface area contributed by atoms with Crippen LogP contribution in [0.5, 0.6) is 0 Å². The standard InChI is InChI=1S/C18H36N2O4/c1-5-7-9-11-13(3)19-17(23)15(21)16(22)18(24)20-14(4)12-10-8-6-2/h13-16,21-22H,5-12H2,1-4H3,(H,19,23)(H,20,24). The third-order valence-electron chi connectivity index (χ3n) is 4.10. The van der Waals surface area contributed by atoms with Crippen molar-refractivity contribution in [2.75, 3.05) is 0 Å². The fourth-order valence-corrected chi connectivity index (χ4v) is 2.49. The van der Waals surface area contributed by atoms with Crippen molar-refractivity contribution in [3.8, 4) is 0 Å². The van der Waals surface area contributed by atoms with Crippen LogP contribution in [-0.2, 0) is 9.59 Å². The predicted molar refractivity (Wildman–Crippen MR) is 95.5 cm³/mol. The molecule has 0 aromatic carbocycles. The van der Waals surface area contributed by atoms with Gasteiger partial charge in [-0.2, -0.15) is 0 Å². The van der Waals surface area contributed by atoms with Crippen LogP contribution < -0.4 is 10.6 Å². The molecular weight excluding hydrogens is 308 g/mol. The molecule has 2 amide bonds. The molecule has 0 spiro atoms. The minimum atomic E-state index is -1.75. The zero-order chi connectivity index (χ0) is 18.5. The number of nitrogens with one attached hydrogen (secondary N) is 2. The van der Waals surface area contributed by atoms with Crippen molar-refractivity contribution in [1.82, 2.24) is 10.6 Å². The Balaban J connectivity index is 4.24. The van der Waals surface area contributed by atoms with Crippen LogP contribution in [0.25, 0.3) is 0 Å². The molecule has 4 atom stereocenters. The molecule has 0 aromatic heterocycles. The third-order valence-corrected chi connectivity index (χ3v) is 4.10. The van der Waals surface area contributed by atoms with Crippen molar-refractivity contribution in [1.29, 1.82) is 0 Å². The first-order chi connectivity index (χ1) is 11.3. The van der Waals surface area contributed by atoms with Crippen LogP contribution in [0.2, 0.25) is 0 Å². The molecule has 4 unspecified atom stereocenters. The van der Waals surface area contributed by atoms with Gasteiger partial charge >= 0.3 is 0 Å². The molecule has 0 saturated carbocycles. The maximum absolute atomic E-state index is 11.9. The lowest BCUT2D eigenvalue weighted by Gasteiger charge is -2.22. The zero-order valence-electron chi connectivity index (χ0n) is 15.7. The first-order valence-corrected chi connectivity index (χ1v) is 9.30. The number of hydrogen-bond acceptors (Lipinski definition) is 4. The molecule has 24 heavy (non-hydrogen) atoms. The Bertz CT molecular complexity index is 329. The van der Waals surface area contributed by atoms with Crippen LogP contribution in [0, 0.1) is 0 Å². The first kappa shape index (κ1) is 22.9. The average molecular weight is 344 g/mol. The van der Waals surface area contributed by atoms with Crippen LogP contribution in [0.1, 0.15) is 79.1 Å². The van der Waals surface area contributed by atoms with E-state index in [0.717, 1.165) is 51.4 Å². The summed E-state index contributed by atoms with van der Waals surface area (Å²) in [4.78, 5) is 23.9. The highest BCUT2D eigenvalue weighted by Gasteiger charge is 2.31. The van der Waals surface area contributed by atoms with E-state index in [1.54, 1.807) is 0 Å². The molecule has 142 valence electrons. The number of rotatable bonds is 13. The monoisotopic (exact) mass is 344 g/mol. The number of aliphatic hydroxyl groups excluding tert-OH is 2. The van der Waals surface area contributed by atoms with Crippen molar-refractivity contribution in [2.45, 2.75) is 103 Å². The molecule has 0 heterocycles. The van der Waals surface area contributed by atoms with Crippen molar-refractivity contribution in [3.63, 3.8) is 0 Å². The molecule has 6 nitrogen and oxygen atoms in total. The minimum absolute atomic E-state index is 0.0954. The lowest BCUT2D eigenvalue weighted by Crippen LogP contribution is -2.52. The summed E-state index contributed by atoms with van der Waals surface area (Å²) >= 11 is 0. The summed E-state index contributed by atoms with van der Waals surface area (Å²) in [6.45, 7) is 7.90. The van der Waals surface area contributed by atoms with Crippen LogP contribution >= 0.6 is 0 Å². The van der Waals surface area contributed by atoms with E-state index in [0.29, 0.717) is 0 Å². The average Bonchev–Trinajstić information content (AvgIpc) is 2.53. The molecular formula is C18H36N2O4. The number of unbranched alkanes of at least 4 members (excludes halogenated alkanes) is 4. The lowest BCUT2D eigenvalue weighted by molar-refractivity contribution is -0.146. The van der Waals surface area contributed by atoms with E-state index in [-0.39, 0.29) is 12.1 Å². The van der Waals surface area contributed by atoms with Crippen LogP contribution in [0.15, 0.2) is 0 Å². The summed E-state index contributed by atoms with van der Waals surface area (Å²) in [7, 11) is 0. The smallest absolute Gasteiger partial charge is 0.252 e. The highest BCUT2D eigenvalue weighted by atomic mass is 16.3. The molecule has 4 N–H and O–H groups in total. The van der Waals surface area contributed by atoms with Gasteiger partial charge in [-0.05, 0) is 26.7 Å². The molecule has 0 aliphatic carbocycles. The van der Waals surface area contributed by atoms with E-state index < -0.39 is 24.0 Å². The SMILES string of the molecule is CCCCCC(C)NC(=O)C(O)C(O)C(=O)NC(C)CCCCC. The van der Waals surface area contributed by atoms with Crippen LogP contribution in [-0.4, -0.2) is 46.3 Å². The summed E-state index contributed by atoms with van der Waals surface area (Å²) in [5.41, 5.74) is 0. The van der Waals surface area contributed by atoms with E-state index in [1.807, 2.05) is 13.8 Å². The molecule has 0 fully saturated rings. The topological polar surface area (TPSA) is 98.7 Å². The molecule has 0 aliphatic heterocycles. The van der Waals surface area contributed by atoms with Gasteiger partial charge in [0.2, 0.25) is 0 Å². The number of aliphatic hydroxyl groups is 2. The lowest BCUT2D eigenvalue weighted by atomic mass is 10.1. The van der Waals surface area contributed by atoms with E-state index >= 15 is 0 Å². The molecule has 0 bridgehead atoms. The van der Waals surface area contributed by atoms with Gasteiger partial charge in [0, 0.05) is 12.1 Å². The van der Waals surface area contributed by atoms with E-state index in [2.05, 4.69) is 24.5 Å². The van der Waals surface area contributed by atoms with Crippen molar-refractivity contribution >= 4 is 11.8 Å². The highest BCUT2D eigenvalue weighted by Crippen LogP contribution is 2.06. The van der Waals surface area contributed by atoms with Crippen molar-refractivity contribution in [2.24, 2.45) is 0 Å². The maximum atomic E-state index is 11.9. The zero-order valence-corrected chi connectivity index (χ0v) is 15.7. The Labute approximate surface area is 146 Å². The van der Waals surface area contributed by atoms with Gasteiger partial charge in [0.15, 0.2) is 12.2 Å². The summed E-state index contributed by atoms with van der Waals surface area (Å²) in [6.07, 6.45) is 4.47. The summed E-state index contributed by atoms with van der Waals surface area (Å²) in [5, 5.41) is 25.0. The highest BCUT2D eigenvalue weighted by molar-refractivity contribution is 5.90. The number of amides is 2. The summed E-state index contributed by atoms with van der Waals surface area (Å²) < 4.78 is 0. The largest absolute Gasteiger partial charge is 0.380 e. The Morgan fingerprint density at radius 1 is 0.750 bits per heavy atom. The van der Waals surface area contributed by atoms with Gasteiger partial charge in [0.05, 0.1) is 0 Å². The van der Waals surface area contributed by atoms with E-state index in [4.69, 9.17) is 0 Å². The number of hydrogen-bond donors (Lipinski definition) is 4. The molecule has 0 aromatic rings. The van der Waals surface area contributed by atoms with Crippen LogP contribution in [0.3, 0.4) is 0 Å². The van der Waals surface area contributed by atoms with E-state index in [1.165, 1.54) is 0 Å². The second-order valence-electron chi connectivity index (χ2n) is 6.70. The normalized spacial score (nSPS) is 16.1. The van der Waals surface area contributed by atoms with Crippen molar-refractivity contribution in [3.05, 3.63) is 0 Å². The van der Waals surface area contributed by atoms with Gasteiger partial charge in [-0.3, -0.25) is 9.59 Å². The minimum Gasteiger partial charge on any atom is -0.380 e. The third kappa shape index (κ3) is 9.88. The van der Waals surface area contributed by atoms with Gasteiger partial charge in [-0.1, -0.05) is 52.4 Å². The summed E-state index contributed by atoms with van der Waals surface area (Å²) in [6, 6.07) is -0.191. The summed E-state index contributed by atoms with van der Waals surface area (Å²) in [5.74, 6) is -1.42. The Hall–Kier alpha value is -1.14. The number of carbonyl (C=O) groups is 2. The predicted octanol–water partition coefficient (Wildman–Crippen LogP) is 1.88. The molecule has 0 aliphatic rings. The van der Waals surface area contributed by atoms with Gasteiger partial charge in [0.25, 0.3) is 11.8 Å². The fraction of sp³-hybridized carbons (Fsp3) is 0.889. The quantitative estimate of drug-likeness (QED) is 0.383. The van der Waals surface area contributed by atoms with Gasteiger partial charge in [-0.25, -0.2) is 0 Å². The Kier molecular flexibility index (Phi) is 12.6. The van der Waals surface area contributed by atoms with Gasteiger partial charge in [0.1, 0.15) is 0 Å². The Morgan fingerprint density at radius 3 is 1.38 bits per heavy atom. The molecule has 6 heteroatoms. The van der Waals surface area contributed by atoms with Crippen molar-refractivity contribution < 1.29 is 19.8 Å². The maximum Gasteiger partial charge on any atom is 0.252 e. The molecule has 0 radical (unpaired) electrons. The van der Waals surface area contributed by atoms with E-state index in [9.17, 15) is 19.8 Å². The molecule has 0 saturated heterocycles. The Morgan fingerprint density at radius 2 is 1.08 bits per heavy atom. The van der Waals surface area contributed by atoms with Gasteiger partial charge < -0.3 is 20.8 Å². The number of carbonyl (C=O) groups excluding carboxylic acids is 2. The second-order valence-corrected chi connectivity index (χ2v) is 6.70. The molecule has 0 rings (SSSR count). The van der Waals surface area contributed by atoms with Gasteiger partial charge in [-0.15, -0.1) is 0 Å². The fourth-order valence-electron chi connectivity index (χ4n) is 2.49. The second kappa shape index (κ2) is 13.2.